The van der Waals surface area contributed by atoms with E-state index in [1.165, 1.54) is 48.7 Å². The first-order chi connectivity index (χ1) is 18.3. The maximum Gasteiger partial charge on any atom is 0.241 e. The predicted molar refractivity (Wildman–Crippen MR) is 140 cm³/mol. The van der Waals surface area contributed by atoms with Gasteiger partial charge >= 0.3 is 0 Å². The third-order valence-corrected chi connectivity index (χ3v) is 9.40. The molecule has 2 fully saturated rings. The number of carbonyl (C=O) groups excluding carboxylic acids is 1. The molecular formula is C27H33FN6O3S. The Morgan fingerprint density at radius 2 is 1.74 bits per heavy atom. The van der Waals surface area contributed by atoms with E-state index in [9.17, 15) is 17.6 Å². The molecule has 1 aliphatic heterocycles. The molecule has 1 saturated carbocycles. The van der Waals surface area contributed by atoms with Crippen molar-refractivity contribution in [2.24, 2.45) is 5.92 Å². The molecule has 1 saturated heterocycles. The second-order valence-corrected chi connectivity index (χ2v) is 12.3. The Bertz CT molecular complexity index is 1350. The molecule has 5 rings (SSSR count). The van der Waals surface area contributed by atoms with Gasteiger partial charge in [-0.25, -0.2) is 13.4 Å². The lowest BCUT2D eigenvalue weighted by molar-refractivity contribution is -0.134. The second kappa shape index (κ2) is 11.3. The van der Waals surface area contributed by atoms with Crippen molar-refractivity contribution in [1.29, 1.82) is 0 Å². The Kier molecular flexibility index (Phi) is 7.85. The number of hydrogen-bond donors (Lipinski definition) is 0. The Morgan fingerprint density at radius 1 is 1.00 bits per heavy atom. The number of amides is 1. The van der Waals surface area contributed by atoms with E-state index in [-0.39, 0.29) is 31.3 Å². The zero-order valence-corrected chi connectivity index (χ0v) is 22.4. The van der Waals surface area contributed by atoms with Gasteiger partial charge in [-0.3, -0.25) is 9.48 Å². The van der Waals surface area contributed by atoms with Gasteiger partial charge in [-0.2, -0.15) is 8.70 Å². The molecule has 3 heterocycles. The van der Waals surface area contributed by atoms with E-state index < -0.39 is 22.0 Å². The van der Waals surface area contributed by atoms with E-state index in [2.05, 4.69) is 15.3 Å². The number of sulfonamides is 1. The van der Waals surface area contributed by atoms with Gasteiger partial charge in [0.2, 0.25) is 21.9 Å². The van der Waals surface area contributed by atoms with Crippen LogP contribution in [0.4, 0.5) is 4.39 Å². The van der Waals surface area contributed by atoms with E-state index in [0.717, 1.165) is 23.2 Å². The normalized spacial score (nSPS) is 20.9. The maximum absolute atomic E-state index is 13.4. The highest BCUT2D eigenvalue weighted by molar-refractivity contribution is 7.89. The molecule has 1 aromatic carbocycles. The monoisotopic (exact) mass is 540 g/mol. The average molecular weight is 541 g/mol. The minimum Gasteiger partial charge on any atom is -0.334 e. The number of nitrogens with zero attached hydrogens (tertiary/aromatic N) is 6. The van der Waals surface area contributed by atoms with Crippen LogP contribution in [0.15, 0.2) is 48.8 Å². The van der Waals surface area contributed by atoms with E-state index in [1.807, 2.05) is 35.1 Å². The van der Waals surface area contributed by atoms with Gasteiger partial charge in [-0.05, 0) is 48.9 Å². The standard InChI is InChI=1S/C27H33FN6O3S/c1-20-27(35)32(18-25-19-33(31-30-25)16-21-5-3-2-4-6-21)13-14-38(36,37)34(20)17-22-7-9-23(10-8-22)24-11-12-26(28)29-15-24/h7-12,15,19-21H,2-6,13-14,16-18H2,1H3. The molecule has 9 nitrogen and oxygen atoms in total. The number of rotatable bonds is 7. The number of carbonyl (C=O) groups is 1. The van der Waals surface area contributed by atoms with Gasteiger partial charge in [0.1, 0.15) is 11.7 Å². The van der Waals surface area contributed by atoms with Crippen molar-refractivity contribution < 1.29 is 17.6 Å². The number of benzene rings is 1. The first kappa shape index (κ1) is 26.4. The van der Waals surface area contributed by atoms with Crippen LogP contribution in [0.5, 0.6) is 0 Å². The first-order valence-electron chi connectivity index (χ1n) is 13.2. The molecule has 0 spiro atoms. The van der Waals surface area contributed by atoms with E-state index >= 15 is 0 Å². The third-order valence-electron chi connectivity index (χ3n) is 7.54. The minimum absolute atomic E-state index is 0.0859. The summed E-state index contributed by atoms with van der Waals surface area (Å²) in [5, 5.41) is 8.51. The van der Waals surface area contributed by atoms with Gasteiger partial charge < -0.3 is 4.90 Å². The number of aromatic nitrogens is 4. The lowest BCUT2D eigenvalue weighted by atomic mass is 9.89. The van der Waals surface area contributed by atoms with Crippen LogP contribution in [0.3, 0.4) is 0 Å². The Morgan fingerprint density at radius 3 is 2.45 bits per heavy atom. The van der Waals surface area contributed by atoms with Crippen LogP contribution < -0.4 is 0 Å². The summed E-state index contributed by atoms with van der Waals surface area (Å²) in [6.45, 7) is 2.89. The molecule has 0 radical (unpaired) electrons. The number of halogens is 1. The van der Waals surface area contributed by atoms with E-state index in [0.29, 0.717) is 11.6 Å². The Hall–Kier alpha value is -3.18. The van der Waals surface area contributed by atoms with Crippen LogP contribution in [0, 0.1) is 11.9 Å². The lowest BCUT2D eigenvalue weighted by Crippen LogP contribution is -2.45. The van der Waals surface area contributed by atoms with Crippen LogP contribution in [0.2, 0.25) is 0 Å². The number of hydrogen-bond acceptors (Lipinski definition) is 6. The van der Waals surface area contributed by atoms with Crippen molar-refractivity contribution in [3.05, 3.63) is 66.0 Å². The Balaban J connectivity index is 1.25. The fourth-order valence-electron chi connectivity index (χ4n) is 5.33. The largest absolute Gasteiger partial charge is 0.334 e. The molecule has 1 aliphatic carbocycles. The van der Waals surface area contributed by atoms with Gasteiger partial charge in [-0.15, -0.1) is 5.10 Å². The molecule has 202 valence electrons. The van der Waals surface area contributed by atoms with Crippen LogP contribution in [0.1, 0.15) is 50.3 Å². The zero-order chi connectivity index (χ0) is 26.7. The summed E-state index contributed by atoms with van der Waals surface area (Å²) in [7, 11) is -3.67. The van der Waals surface area contributed by atoms with Crippen LogP contribution >= 0.6 is 0 Å². The molecule has 2 aromatic heterocycles. The summed E-state index contributed by atoms with van der Waals surface area (Å²) in [6, 6.07) is 9.40. The molecule has 3 aromatic rings. The van der Waals surface area contributed by atoms with Crippen molar-refractivity contribution in [2.45, 2.75) is 64.7 Å². The minimum atomic E-state index is -3.67. The summed E-state index contributed by atoms with van der Waals surface area (Å²) in [4.78, 5) is 18.6. The fourth-order valence-corrected chi connectivity index (χ4v) is 6.94. The number of pyridine rings is 1. The SMILES string of the molecule is CC1C(=O)N(Cc2cn(CC3CCCCC3)nn2)CCS(=O)(=O)N1Cc1ccc(-c2ccc(F)nc2)cc1. The molecular weight excluding hydrogens is 507 g/mol. The highest BCUT2D eigenvalue weighted by Gasteiger charge is 2.38. The molecule has 0 N–H and O–H groups in total. The summed E-state index contributed by atoms with van der Waals surface area (Å²) in [6.07, 6.45) is 9.55. The highest BCUT2D eigenvalue weighted by Crippen LogP contribution is 2.26. The van der Waals surface area contributed by atoms with Crippen LogP contribution in [-0.2, 0) is 34.5 Å². The quantitative estimate of drug-likeness (QED) is 0.424. The van der Waals surface area contributed by atoms with Crippen molar-refractivity contribution in [2.75, 3.05) is 12.3 Å². The van der Waals surface area contributed by atoms with Crippen molar-refractivity contribution in [3.8, 4) is 11.1 Å². The molecule has 1 atom stereocenters. The van der Waals surface area contributed by atoms with Gasteiger partial charge in [-0.1, -0.05) is 48.7 Å². The second-order valence-electron chi connectivity index (χ2n) is 10.3. The zero-order valence-electron chi connectivity index (χ0n) is 21.5. The van der Waals surface area contributed by atoms with Crippen molar-refractivity contribution in [3.63, 3.8) is 0 Å². The Labute approximate surface area is 222 Å². The maximum atomic E-state index is 13.4. The fraction of sp³-hybridized carbons (Fsp3) is 0.481. The molecule has 0 bridgehead atoms. The third kappa shape index (κ3) is 6.10. The molecule has 38 heavy (non-hydrogen) atoms. The van der Waals surface area contributed by atoms with Gasteiger partial charge in [0.15, 0.2) is 0 Å². The van der Waals surface area contributed by atoms with Crippen molar-refractivity contribution in [1.82, 2.24) is 29.2 Å². The van der Waals surface area contributed by atoms with Crippen molar-refractivity contribution >= 4 is 15.9 Å². The van der Waals surface area contributed by atoms with Crippen LogP contribution in [0.25, 0.3) is 11.1 Å². The summed E-state index contributed by atoms with van der Waals surface area (Å²) in [5.74, 6) is -0.341. The molecule has 11 heteroatoms. The van der Waals surface area contributed by atoms with Crippen LogP contribution in [-0.4, -0.2) is 61.8 Å². The van der Waals surface area contributed by atoms with E-state index in [4.69, 9.17) is 0 Å². The topological polar surface area (TPSA) is 101 Å². The molecule has 1 amide bonds. The summed E-state index contributed by atoms with van der Waals surface area (Å²) in [5.41, 5.74) is 3.02. The predicted octanol–water partition coefficient (Wildman–Crippen LogP) is 3.62. The molecule has 1 unspecified atom stereocenters. The highest BCUT2D eigenvalue weighted by atomic mass is 32.2. The smallest absolute Gasteiger partial charge is 0.241 e. The summed E-state index contributed by atoms with van der Waals surface area (Å²) >= 11 is 0. The lowest BCUT2D eigenvalue weighted by Gasteiger charge is -2.26. The van der Waals surface area contributed by atoms with Gasteiger partial charge in [0.25, 0.3) is 0 Å². The van der Waals surface area contributed by atoms with Gasteiger partial charge in [0.05, 0.1) is 18.5 Å². The van der Waals surface area contributed by atoms with Gasteiger partial charge in [0, 0.05) is 31.4 Å². The summed E-state index contributed by atoms with van der Waals surface area (Å²) < 4.78 is 42.6. The van der Waals surface area contributed by atoms with E-state index in [1.54, 1.807) is 17.9 Å². The average Bonchev–Trinajstić information content (AvgIpc) is 3.34. The first-order valence-corrected chi connectivity index (χ1v) is 14.8. The molecule has 2 aliphatic rings.